The number of nitrogens with two attached hydrogens (primary N) is 1. The third kappa shape index (κ3) is 2.63. The number of hydrogen-bond acceptors (Lipinski definition) is 3. The lowest BCUT2D eigenvalue weighted by Gasteiger charge is -2.46. The van der Waals surface area contributed by atoms with E-state index >= 15 is 0 Å². The van der Waals surface area contributed by atoms with Gasteiger partial charge in [0.05, 0.1) is 0 Å². The number of piperidine rings is 1. The van der Waals surface area contributed by atoms with Gasteiger partial charge < -0.3 is 5.73 Å². The minimum absolute atomic E-state index is 0.368. The van der Waals surface area contributed by atoms with Crippen molar-refractivity contribution in [3.63, 3.8) is 0 Å². The van der Waals surface area contributed by atoms with Gasteiger partial charge in [-0.05, 0) is 36.6 Å². The second kappa shape index (κ2) is 5.72. The van der Waals surface area contributed by atoms with Crippen LogP contribution in [0.5, 0.6) is 0 Å². The Morgan fingerprint density at radius 1 is 1.39 bits per heavy atom. The van der Waals surface area contributed by atoms with Gasteiger partial charge in [0.25, 0.3) is 0 Å². The fourth-order valence-electron chi connectivity index (χ4n) is 3.15. The fraction of sp³-hybridized carbons (Fsp3) is 0.733. The summed E-state index contributed by atoms with van der Waals surface area (Å²) < 4.78 is 0. The summed E-state index contributed by atoms with van der Waals surface area (Å²) in [6.07, 6.45) is 1.13. The topological polar surface area (TPSA) is 29.3 Å². The van der Waals surface area contributed by atoms with Crippen LogP contribution in [0.25, 0.3) is 0 Å². The minimum atomic E-state index is 0.368. The lowest BCUT2D eigenvalue weighted by Crippen LogP contribution is -2.53. The molecule has 1 aromatic rings. The van der Waals surface area contributed by atoms with Gasteiger partial charge in [0.15, 0.2) is 0 Å². The van der Waals surface area contributed by atoms with E-state index in [9.17, 15) is 0 Å². The van der Waals surface area contributed by atoms with Crippen LogP contribution in [0.3, 0.4) is 0 Å². The zero-order valence-corrected chi connectivity index (χ0v) is 12.8. The molecule has 3 heteroatoms. The van der Waals surface area contributed by atoms with Crippen LogP contribution >= 0.6 is 11.3 Å². The Kier molecular flexibility index (Phi) is 4.46. The predicted molar refractivity (Wildman–Crippen MR) is 79.8 cm³/mol. The highest BCUT2D eigenvalue weighted by Gasteiger charge is 2.36. The van der Waals surface area contributed by atoms with Crippen LogP contribution in [0, 0.1) is 11.8 Å². The fourth-order valence-corrected chi connectivity index (χ4v) is 4.17. The van der Waals surface area contributed by atoms with E-state index in [1.165, 1.54) is 4.88 Å². The smallest absolute Gasteiger partial charge is 0.0467 e. The molecule has 18 heavy (non-hydrogen) atoms. The van der Waals surface area contributed by atoms with Crippen molar-refractivity contribution < 1.29 is 0 Å². The molecule has 2 N–H and O–H groups in total. The average Bonchev–Trinajstić information content (AvgIpc) is 2.83. The van der Waals surface area contributed by atoms with Gasteiger partial charge in [0.2, 0.25) is 0 Å². The van der Waals surface area contributed by atoms with Gasteiger partial charge in [-0.25, -0.2) is 0 Å². The van der Waals surface area contributed by atoms with E-state index in [1.54, 1.807) is 0 Å². The Hall–Kier alpha value is -0.380. The molecule has 1 fully saturated rings. The van der Waals surface area contributed by atoms with Crippen LogP contribution in [0.2, 0.25) is 0 Å². The molecule has 4 atom stereocenters. The molecule has 0 aromatic carbocycles. The third-order valence-electron chi connectivity index (χ3n) is 4.50. The minimum Gasteiger partial charge on any atom is -0.327 e. The van der Waals surface area contributed by atoms with Crippen molar-refractivity contribution in [1.29, 1.82) is 0 Å². The van der Waals surface area contributed by atoms with Crippen LogP contribution < -0.4 is 5.73 Å². The van der Waals surface area contributed by atoms with Crippen molar-refractivity contribution in [2.24, 2.45) is 17.6 Å². The highest BCUT2D eigenvalue weighted by molar-refractivity contribution is 7.10. The van der Waals surface area contributed by atoms with E-state index in [4.69, 9.17) is 5.73 Å². The van der Waals surface area contributed by atoms with Gasteiger partial charge in [-0.15, -0.1) is 11.3 Å². The standard InChI is InChI=1S/C15H26N2S/c1-10(2)15(14-6-5-9-18-14)17-8-7-13(16)11(3)12(17)4/h5-6,9-13,15H,7-8,16H2,1-4H3. The van der Waals surface area contributed by atoms with Gasteiger partial charge in [-0.3, -0.25) is 4.90 Å². The lowest BCUT2D eigenvalue weighted by molar-refractivity contribution is 0.0376. The maximum absolute atomic E-state index is 6.20. The molecule has 1 saturated heterocycles. The first-order chi connectivity index (χ1) is 8.52. The average molecular weight is 266 g/mol. The van der Waals surface area contributed by atoms with Crippen molar-refractivity contribution in [2.75, 3.05) is 6.54 Å². The summed E-state index contributed by atoms with van der Waals surface area (Å²) in [5, 5.41) is 2.19. The van der Waals surface area contributed by atoms with E-state index in [-0.39, 0.29) is 0 Å². The first-order valence-corrected chi connectivity index (χ1v) is 7.95. The van der Waals surface area contributed by atoms with Crippen LogP contribution in [0.1, 0.15) is 45.0 Å². The first kappa shape index (κ1) is 14.0. The highest BCUT2D eigenvalue weighted by atomic mass is 32.1. The van der Waals surface area contributed by atoms with Crippen molar-refractivity contribution >= 4 is 11.3 Å². The Morgan fingerprint density at radius 2 is 2.11 bits per heavy atom. The third-order valence-corrected chi connectivity index (χ3v) is 5.45. The summed E-state index contributed by atoms with van der Waals surface area (Å²) >= 11 is 1.88. The second-order valence-electron chi connectivity index (χ2n) is 5.99. The normalized spacial score (nSPS) is 31.8. The van der Waals surface area contributed by atoms with Gasteiger partial charge in [-0.1, -0.05) is 26.8 Å². The van der Waals surface area contributed by atoms with E-state index in [0.29, 0.717) is 30.0 Å². The molecule has 1 aliphatic heterocycles. The van der Waals surface area contributed by atoms with Gasteiger partial charge in [0.1, 0.15) is 0 Å². The molecule has 0 aliphatic carbocycles. The molecule has 2 rings (SSSR count). The molecule has 2 nitrogen and oxygen atoms in total. The Labute approximate surface area is 115 Å². The molecule has 0 bridgehead atoms. The molecule has 1 aliphatic rings. The summed E-state index contributed by atoms with van der Waals surface area (Å²) in [6.45, 7) is 10.4. The zero-order chi connectivity index (χ0) is 13.3. The monoisotopic (exact) mass is 266 g/mol. The molecule has 2 heterocycles. The molecule has 0 radical (unpaired) electrons. The number of rotatable bonds is 3. The van der Waals surface area contributed by atoms with Crippen molar-refractivity contribution in [2.45, 2.75) is 52.2 Å². The maximum atomic E-state index is 6.20. The van der Waals surface area contributed by atoms with Crippen LogP contribution in [-0.2, 0) is 0 Å². The molecule has 0 spiro atoms. The Balaban J connectivity index is 2.22. The number of hydrogen-bond donors (Lipinski definition) is 1. The van der Waals surface area contributed by atoms with Gasteiger partial charge in [0, 0.05) is 29.5 Å². The van der Waals surface area contributed by atoms with E-state index in [1.807, 2.05) is 11.3 Å². The predicted octanol–water partition coefficient (Wildman–Crippen LogP) is 3.50. The Bertz CT molecular complexity index is 361. The van der Waals surface area contributed by atoms with Crippen LogP contribution in [0.15, 0.2) is 17.5 Å². The number of likely N-dealkylation sites (tertiary alicyclic amines) is 1. The van der Waals surface area contributed by atoms with Crippen molar-refractivity contribution in [3.05, 3.63) is 22.4 Å². The Morgan fingerprint density at radius 3 is 2.67 bits per heavy atom. The summed E-state index contributed by atoms with van der Waals surface area (Å²) in [4.78, 5) is 4.17. The van der Waals surface area contributed by atoms with Gasteiger partial charge >= 0.3 is 0 Å². The molecular weight excluding hydrogens is 240 g/mol. The highest BCUT2D eigenvalue weighted by Crippen LogP contribution is 2.37. The quantitative estimate of drug-likeness (QED) is 0.907. The molecule has 0 saturated carbocycles. The van der Waals surface area contributed by atoms with Gasteiger partial charge in [-0.2, -0.15) is 0 Å². The van der Waals surface area contributed by atoms with E-state index in [2.05, 4.69) is 50.1 Å². The second-order valence-corrected chi connectivity index (χ2v) is 6.97. The van der Waals surface area contributed by atoms with E-state index < -0.39 is 0 Å². The summed E-state index contributed by atoms with van der Waals surface area (Å²) in [6, 6.07) is 5.94. The van der Waals surface area contributed by atoms with Crippen molar-refractivity contribution in [1.82, 2.24) is 4.90 Å². The van der Waals surface area contributed by atoms with Crippen LogP contribution in [0.4, 0.5) is 0 Å². The molecular formula is C15H26N2S. The van der Waals surface area contributed by atoms with Crippen LogP contribution in [-0.4, -0.2) is 23.5 Å². The summed E-state index contributed by atoms with van der Waals surface area (Å²) in [5.74, 6) is 1.23. The number of thiophene rings is 1. The number of nitrogens with zero attached hydrogens (tertiary/aromatic N) is 1. The zero-order valence-electron chi connectivity index (χ0n) is 12.0. The molecule has 0 amide bonds. The summed E-state index contributed by atoms with van der Waals surface area (Å²) in [5.41, 5.74) is 6.20. The maximum Gasteiger partial charge on any atom is 0.0467 e. The molecule has 1 aromatic heterocycles. The molecule has 4 unspecified atom stereocenters. The SMILES string of the molecule is CC(C)C(c1cccs1)N1CCC(N)C(C)C1C. The van der Waals surface area contributed by atoms with E-state index in [0.717, 1.165) is 13.0 Å². The first-order valence-electron chi connectivity index (χ1n) is 7.07. The van der Waals surface area contributed by atoms with Crippen molar-refractivity contribution in [3.8, 4) is 0 Å². The molecule has 102 valence electrons. The summed E-state index contributed by atoms with van der Waals surface area (Å²) in [7, 11) is 0. The largest absolute Gasteiger partial charge is 0.327 e. The lowest BCUT2D eigenvalue weighted by atomic mass is 9.85.